The van der Waals surface area contributed by atoms with Gasteiger partial charge in [-0.1, -0.05) is 152 Å². The standard InChI is InChI=1S/C37H27N3/c1-3-10-26(11-4-1)27-18-22-31(23-19-27)36-38-35(30-13-5-2-6-14-30)39-37(40-36)32-24-20-29(21-25-32)34-17-9-15-28-12-7-8-16-33(28)34/h1-25,37H,(H,38,39,40). The molecule has 0 fully saturated rings. The number of nitrogens with zero attached hydrogens (tertiary/aromatic N) is 2. The van der Waals surface area contributed by atoms with Gasteiger partial charge in [0.2, 0.25) is 0 Å². The molecule has 1 atom stereocenters. The fourth-order valence-corrected chi connectivity index (χ4v) is 5.26. The molecule has 190 valence electrons. The van der Waals surface area contributed by atoms with Crippen LogP contribution < -0.4 is 5.32 Å². The van der Waals surface area contributed by atoms with Crippen LogP contribution in [0.1, 0.15) is 22.9 Å². The summed E-state index contributed by atoms with van der Waals surface area (Å²) < 4.78 is 0. The molecule has 7 rings (SSSR count). The van der Waals surface area contributed by atoms with E-state index in [-0.39, 0.29) is 6.17 Å². The number of benzene rings is 6. The third-order valence-electron chi connectivity index (χ3n) is 7.37. The van der Waals surface area contributed by atoms with Crippen molar-refractivity contribution in [2.24, 2.45) is 9.98 Å². The topological polar surface area (TPSA) is 36.8 Å². The third-order valence-corrected chi connectivity index (χ3v) is 7.37. The summed E-state index contributed by atoms with van der Waals surface area (Å²) in [6.45, 7) is 0. The van der Waals surface area contributed by atoms with E-state index in [0.717, 1.165) is 28.4 Å². The van der Waals surface area contributed by atoms with Crippen molar-refractivity contribution in [1.29, 1.82) is 0 Å². The van der Waals surface area contributed by atoms with Crippen LogP contribution in [0.3, 0.4) is 0 Å². The van der Waals surface area contributed by atoms with Gasteiger partial charge in [0, 0.05) is 11.1 Å². The molecule has 1 unspecified atom stereocenters. The zero-order valence-corrected chi connectivity index (χ0v) is 21.9. The van der Waals surface area contributed by atoms with Crippen LogP contribution in [0.15, 0.2) is 162 Å². The Morgan fingerprint density at radius 2 is 1.02 bits per heavy atom. The number of amidine groups is 2. The molecule has 1 aliphatic rings. The van der Waals surface area contributed by atoms with E-state index in [2.05, 4.69) is 133 Å². The lowest BCUT2D eigenvalue weighted by Crippen LogP contribution is -2.33. The first kappa shape index (κ1) is 23.8. The van der Waals surface area contributed by atoms with E-state index in [1.54, 1.807) is 0 Å². The molecule has 1 aliphatic heterocycles. The lowest BCUT2D eigenvalue weighted by atomic mass is 9.97. The van der Waals surface area contributed by atoms with Crippen molar-refractivity contribution >= 4 is 22.4 Å². The molecular formula is C37H27N3. The average Bonchev–Trinajstić information content (AvgIpc) is 3.05. The average molecular weight is 514 g/mol. The highest BCUT2D eigenvalue weighted by atomic mass is 15.2. The molecule has 1 N–H and O–H groups in total. The second-order valence-electron chi connectivity index (χ2n) is 9.92. The Labute approximate surface area is 234 Å². The molecular weight excluding hydrogens is 486 g/mol. The van der Waals surface area contributed by atoms with Gasteiger partial charge in [0.15, 0.2) is 5.84 Å². The molecule has 0 amide bonds. The number of hydrogen-bond donors (Lipinski definition) is 1. The summed E-state index contributed by atoms with van der Waals surface area (Å²) in [5.41, 5.74) is 7.90. The molecule has 0 aromatic heterocycles. The van der Waals surface area contributed by atoms with Gasteiger partial charge in [-0.3, -0.25) is 0 Å². The molecule has 0 saturated carbocycles. The fraction of sp³-hybridized carbons (Fsp3) is 0.0270. The minimum atomic E-state index is -0.252. The van der Waals surface area contributed by atoms with E-state index in [1.807, 2.05) is 24.3 Å². The number of hydrogen-bond acceptors (Lipinski definition) is 3. The second kappa shape index (κ2) is 10.5. The van der Waals surface area contributed by atoms with Crippen molar-refractivity contribution in [3.63, 3.8) is 0 Å². The van der Waals surface area contributed by atoms with E-state index >= 15 is 0 Å². The van der Waals surface area contributed by atoms with Crippen LogP contribution in [-0.2, 0) is 0 Å². The minimum absolute atomic E-state index is 0.252. The van der Waals surface area contributed by atoms with Crippen molar-refractivity contribution in [1.82, 2.24) is 5.32 Å². The van der Waals surface area contributed by atoms with Gasteiger partial charge < -0.3 is 5.32 Å². The summed E-state index contributed by atoms with van der Waals surface area (Å²) in [5.74, 6) is 1.54. The largest absolute Gasteiger partial charge is 0.344 e. The second-order valence-corrected chi connectivity index (χ2v) is 9.92. The van der Waals surface area contributed by atoms with Gasteiger partial charge in [0.05, 0.1) is 0 Å². The first-order valence-corrected chi connectivity index (χ1v) is 13.5. The van der Waals surface area contributed by atoms with Gasteiger partial charge in [0.25, 0.3) is 0 Å². The first-order chi connectivity index (χ1) is 19.8. The SMILES string of the molecule is c1ccc(C2=NC(c3ccc(-c4ccccc4)cc3)=NC(c3ccc(-c4cccc5ccccc45)cc3)N2)cc1. The molecule has 40 heavy (non-hydrogen) atoms. The van der Waals surface area contributed by atoms with Gasteiger partial charge in [-0.2, -0.15) is 0 Å². The van der Waals surface area contributed by atoms with Crippen molar-refractivity contribution in [3.05, 3.63) is 168 Å². The fourth-order valence-electron chi connectivity index (χ4n) is 5.26. The molecule has 3 heteroatoms. The van der Waals surface area contributed by atoms with Crippen LogP contribution in [0.2, 0.25) is 0 Å². The summed E-state index contributed by atoms with van der Waals surface area (Å²) in [6, 6.07) is 52.9. The van der Waals surface area contributed by atoms with Gasteiger partial charge in [-0.05, 0) is 38.6 Å². The highest BCUT2D eigenvalue weighted by molar-refractivity contribution is 6.13. The molecule has 6 aromatic carbocycles. The molecule has 0 radical (unpaired) electrons. The van der Waals surface area contributed by atoms with Crippen LogP contribution in [0.4, 0.5) is 0 Å². The molecule has 0 bridgehead atoms. The van der Waals surface area contributed by atoms with E-state index in [4.69, 9.17) is 9.98 Å². The predicted octanol–water partition coefficient (Wildman–Crippen LogP) is 8.67. The molecule has 0 aliphatic carbocycles. The quantitative estimate of drug-likeness (QED) is 0.246. The van der Waals surface area contributed by atoms with E-state index in [1.165, 1.54) is 33.0 Å². The zero-order chi connectivity index (χ0) is 26.7. The van der Waals surface area contributed by atoms with E-state index in [0.29, 0.717) is 0 Å². The van der Waals surface area contributed by atoms with Gasteiger partial charge in [-0.15, -0.1) is 0 Å². The lowest BCUT2D eigenvalue weighted by molar-refractivity contribution is 0.674. The maximum atomic E-state index is 5.07. The van der Waals surface area contributed by atoms with Crippen molar-refractivity contribution in [2.45, 2.75) is 6.17 Å². The summed E-state index contributed by atoms with van der Waals surface area (Å²) in [7, 11) is 0. The highest BCUT2D eigenvalue weighted by Crippen LogP contribution is 2.30. The number of nitrogens with one attached hydrogen (secondary N) is 1. The summed E-state index contributed by atoms with van der Waals surface area (Å²) >= 11 is 0. The molecule has 0 saturated heterocycles. The Morgan fingerprint density at radius 1 is 0.450 bits per heavy atom. The van der Waals surface area contributed by atoms with E-state index in [9.17, 15) is 0 Å². The van der Waals surface area contributed by atoms with Crippen LogP contribution in [-0.4, -0.2) is 11.7 Å². The summed E-state index contributed by atoms with van der Waals surface area (Å²) in [6.07, 6.45) is -0.252. The van der Waals surface area contributed by atoms with Crippen LogP contribution in [0.5, 0.6) is 0 Å². The highest BCUT2D eigenvalue weighted by Gasteiger charge is 2.21. The number of aliphatic imine (C=N–C) groups is 2. The molecule has 0 spiro atoms. The van der Waals surface area contributed by atoms with Gasteiger partial charge in [-0.25, -0.2) is 9.98 Å². The Bertz CT molecular complexity index is 1830. The maximum absolute atomic E-state index is 5.07. The van der Waals surface area contributed by atoms with Gasteiger partial charge in [0.1, 0.15) is 12.0 Å². The molecule has 3 nitrogen and oxygen atoms in total. The Hall–Kier alpha value is -5.28. The van der Waals surface area contributed by atoms with Gasteiger partial charge >= 0.3 is 0 Å². The smallest absolute Gasteiger partial charge is 0.159 e. The normalized spacial score (nSPS) is 14.8. The Kier molecular flexibility index (Phi) is 6.23. The number of fused-ring (bicyclic) bond motifs is 1. The summed E-state index contributed by atoms with van der Waals surface area (Å²) in [5, 5.41) is 6.07. The van der Waals surface area contributed by atoms with Crippen LogP contribution in [0.25, 0.3) is 33.0 Å². The molecule has 6 aromatic rings. The van der Waals surface area contributed by atoms with Crippen molar-refractivity contribution in [3.8, 4) is 22.3 Å². The third kappa shape index (κ3) is 4.70. The lowest BCUT2D eigenvalue weighted by Gasteiger charge is -2.24. The zero-order valence-electron chi connectivity index (χ0n) is 21.9. The van der Waals surface area contributed by atoms with Crippen molar-refractivity contribution < 1.29 is 0 Å². The van der Waals surface area contributed by atoms with Crippen molar-refractivity contribution in [2.75, 3.05) is 0 Å². The number of rotatable bonds is 5. The van der Waals surface area contributed by atoms with Crippen LogP contribution >= 0.6 is 0 Å². The monoisotopic (exact) mass is 513 g/mol. The van der Waals surface area contributed by atoms with Crippen LogP contribution in [0, 0.1) is 0 Å². The first-order valence-electron chi connectivity index (χ1n) is 13.5. The minimum Gasteiger partial charge on any atom is -0.344 e. The Morgan fingerprint density at radius 3 is 1.77 bits per heavy atom. The van der Waals surface area contributed by atoms with E-state index < -0.39 is 0 Å². The predicted molar refractivity (Wildman–Crippen MR) is 167 cm³/mol. The Balaban J connectivity index is 1.24. The maximum Gasteiger partial charge on any atom is 0.159 e. The summed E-state index contributed by atoms with van der Waals surface area (Å²) in [4.78, 5) is 10.0. The molecule has 1 heterocycles.